The number of benzene rings is 1. The molecule has 0 aliphatic rings. The Bertz CT molecular complexity index is 586. The first-order chi connectivity index (χ1) is 13.1. The third-order valence-corrected chi connectivity index (χ3v) is 4.72. The highest BCUT2D eigenvalue weighted by Crippen LogP contribution is 2.35. The Balaban J connectivity index is 2.61. The van der Waals surface area contributed by atoms with Crippen molar-refractivity contribution >= 4 is 27.5 Å². The maximum absolute atomic E-state index is 11.1. The number of amides is 1. The van der Waals surface area contributed by atoms with Gasteiger partial charge in [0.2, 0.25) is 6.41 Å². The number of ether oxygens (including phenoxy) is 1. The molecule has 0 aliphatic carbocycles. The first-order valence-electron chi connectivity index (χ1n) is 8.35. The van der Waals surface area contributed by atoms with Crippen LogP contribution in [0.4, 0.5) is 0 Å². The van der Waals surface area contributed by atoms with Gasteiger partial charge in [-0.25, -0.2) is 5.09 Å². The standard InChI is InChI=1S/C18H25N2O6P/c1-16(20(15-23)10-6-11-21)13-18(24-2)14-25-27(19-9-12-22)26-17-7-4-3-5-8-17/h3-8,10-12,15-16,18-19H,9,13-14H2,1-2H3/b10-6-. The van der Waals surface area contributed by atoms with Crippen molar-refractivity contribution in [1.29, 1.82) is 0 Å². The number of carbonyl (C=O) groups is 3. The van der Waals surface area contributed by atoms with Crippen molar-refractivity contribution in [3.05, 3.63) is 42.6 Å². The molecular formula is C18H25N2O6P. The minimum Gasteiger partial charge on any atom is -0.436 e. The van der Waals surface area contributed by atoms with Crippen LogP contribution in [0.1, 0.15) is 13.3 Å². The Hall–Kier alpha value is -2.12. The van der Waals surface area contributed by atoms with Gasteiger partial charge in [0.1, 0.15) is 18.3 Å². The van der Waals surface area contributed by atoms with E-state index in [4.69, 9.17) is 13.8 Å². The average Bonchev–Trinajstić information content (AvgIpc) is 2.70. The number of hydrogen-bond acceptors (Lipinski definition) is 7. The molecule has 0 fully saturated rings. The summed E-state index contributed by atoms with van der Waals surface area (Å²) in [6.45, 7) is 2.14. The van der Waals surface area contributed by atoms with Crippen LogP contribution >= 0.6 is 8.53 Å². The van der Waals surface area contributed by atoms with E-state index >= 15 is 0 Å². The topological polar surface area (TPSA) is 94.2 Å². The fraction of sp³-hybridized carbons (Fsp3) is 0.389. The molecule has 1 N–H and O–H groups in total. The third-order valence-electron chi connectivity index (χ3n) is 3.52. The van der Waals surface area contributed by atoms with Gasteiger partial charge >= 0.3 is 8.53 Å². The molecule has 27 heavy (non-hydrogen) atoms. The number of allylic oxidation sites excluding steroid dienone is 1. The Labute approximate surface area is 160 Å². The summed E-state index contributed by atoms with van der Waals surface area (Å²) in [7, 11) is 0.00898. The minimum atomic E-state index is -1.54. The van der Waals surface area contributed by atoms with E-state index in [2.05, 4.69) is 5.09 Å². The van der Waals surface area contributed by atoms with E-state index in [1.165, 1.54) is 17.2 Å². The highest BCUT2D eigenvalue weighted by atomic mass is 31.2. The van der Waals surface area contributed by atoms with E-state index < -0.39 is 8.53 Å². The Morgan fingerprint density at radius 2 is 1.96 bits per heavy atom. The van der Waals surface area contributed by atoms with Crippen molar-refractivity contribution in [1.82, 2.24) is 9.99 Å². The molecule has 1 aromatic carbocycles. The first kappa shape index (κ1) is 22.9. The molecule has 3 atom stereocenters. The maximum atomic E-state index is 11.1. The Kier molecular flexibility index (Phi) is 11.9. The van der Waals surface area contributed by atoms with Crippen LogP contribution < -0.4 is 9.61 Å². The van der Waals surface area contributed by atoms with Crippen LogP contribution in [0.15, 0.2) is 42.6 Å². The number of rotatable bonds is 15. The van der Waals surface area contributed by atoms with Crippen LogP contribution in [0, 0.1) is 0 Å². The molecule has 3 unspecified atom stereocenters. The third kappa shape index (κ3) is 9.40. The van der Waals surface area contributed by atoms with Crippen LogP contribution in [0.3, 0.4) is 0 Å². The van der Waals surface area contributed by atoms with Gasteiger partial charge in [-0.15, -0.1) is 0 Å². The number of carbonyl (C=O) groups excluding carboxylic acids is 3. The minimum absolute atomic E-state index is 0.0992. The van der Waals surface area contributed by atoms with Gasteiger partial charge in [-0.3, -0.25) is 9.59 Å². The van der Waals surface area contributed by atoms with Crippen molar-refractivity contribution in [2.75, 3.05) is 20.3 Å². The SMILES string of the molecule is COC(COP(NCC=O)Oc1ccccc1)CC(C)N(C=O)/C=C\C=O. The fourth-order valence-corrected chi connectivity index (χ4v) is 3.15. The van der Waals surface area contributed by atoms with Gasteiger partial charge in [0.25, 0.3) is 0 Å². The summed E-state index contributed by atoms with van der Waals surface area (Å²) in [4.78, 5) is 33.6. The van der Waals surface area contributed by atoms with E-state index in [1.54, 1.807) is 19.2 Å². The average molecular weight is 396 g/mol. The summed E-state index contributed by atoms with van der Waals surface area (Å²) in [5, 5.41) is 2.89. The lowest BCUT2D eigenvalue weighted by molar-refractivity contribution is -0.117. The van der Waals surface area contributed by atoms with E-state index in [1.807, 2.05) is 25.1 Å². The highest BCUT2D eigenvalue weighted by Gasteiger charge is 2.20. The van der Waals surface area contributed by atoms with Crippen molar-refractivity contribution in [3.8, 4) is 5.75 Å². The van der Waals surface area contributed by atoms with E-state index in [0.29, 0.717) is 24.9 Å². The molecule has 1 aromatic rings. The number of methoxy groups -OCH3 is 1. The predicted molar refractivity (Wildman–Crippen MR) is 102 cm³/mol. The van der Waals surface area contributed by atoms with Gasteiger partial charge in [-0.2, -0.15) is 0 Å². The molecule has 0 aromatic heterocycles. The Morgan fingerprint density at radius 1 is 1.22 bits per heavy atom. The van der Waals surface area contributed by atoms with E-state index in [9.17, 15) is 14.4 Å². The summed E-state index contributed by atoms with van der Waals surface area (Å²) < 4.78 is 16.9. The second-order valence-corrected chi connectivity index (χ2v) is 6.73. The lowest BCUT2D eigenvalue weighted by atomic mass is 10.1. The largest absolute Gasteiger partial charge is 0.436 e. The van der Waals surface area contributed by atoms with Crippen molar-refractivity contribution in [3.63, 3.8) is 0 Å². The number of aldehydes is 2. The first-order valence-corrected chi connectivity index (χ1v) is 9.53. The lowest BCUT2D eigenvalue weighted by Crippen LogP contribution is -2.33. The number of hydrogen-bond donors (Lipinski definition) is 1. The molecule has 1 amide bonds. The molecule has 0 bridgehead atoms. The van der Waals surface area contributed by atoms with Crippen LogP contribution in [0.2, 0.25) is 0 Å². The lowest BCUT2D eigenvalue weighted by Gasteiger charge is -2.26. The van der Waals surface area contributed by atoms with Gasteiger partial charge < -0.3 is 23.5 Å². The zero-order chi connectivity index (χ0) is 19.9. The van der Waals surface area contributed by atoms with E-state index in [-0.39, 0.29) is 25.3 Å². The number of nitrogens with one attached hydrogen (secondary N) is 1. The Morgan fingerprint density at radius 3 is 2.56 bits per heavy atom. The van der Waals surface area contributed by atoms with E-state index in [0.717, 1.165) is 6.29 Å². The number of para-hydroxylation sites is 1. The second kappa shape index (κ2) is 14.0. The maximum Gasteiger partial charge on any atom is 0.318 e. The van der Waals surface area contributed by atoms with Crippen LogP contribution in [-0.2, 0) is 23.6 Å². The van der Waals surface area contributed by atoms with Crippen LogP contribution in [0.5, 0.6) is 5.75 Å². The molecule has 0 saturated carbocycles. The normalized spacial score (nSPS) is 14.3. The quantitative estimate of drug-likeness (QED) is 0.275. The summed E-state index contributed by atoms with van der Waals surface area (Å²) in [5.74, 6) is 0.621. The van der Waals surface area contributed by atoms with Crippen LogP contribution in [0.25, 0.3) is 0 Å². The summed E-state index contributed by atoms with van der Waals surface area (Å²) in [5.41, 5.74) is 0. The molecule has 1 rings (SSSR count). The summed E-state index contributed by atoms with van der Waals surface area (Å²) in [6, 6.07) is 8.93. The van der Waals surface area contributed by atoms with Gasteiger partial charge in [0, 0.05) is 19.4 Å². The van der Waals surface area contributed by atoms with Crippen LogP contribution in [-0.4, -0.2) is 56.3 Å². The molecule has 8 nitrogen and oxygen atoms in total. The zero-order valence-corrected chi connectivity index (χ0v) is 16.3. The van der Waals surface area contributed by atoms with Gasteiger partial charge in [-0.1, -0.05) is 18.2 Å². The van der Waals surface area contributed by atoms with Crippen molar-refractivity contribution in [2.45, 2.75) is 25.5 Å². The molecular weight excluding hydrogens is 371 g/mol. The van der Waals surface area contributed by atoms with Gasteiger partial charge in [0.15, 0.2) is 0 Å². The molecule has 0 heterocycles. The molecule has 0 spiro atoms. The summed E-state index contributed by atoms with van der Waals surface area (Å²) in [6.07, 6.45) is 4.82. The fourth-order valence-electron chi connectivity index (χ4n) is 2.10. The zero-order valence-electron chi connectivity index (χ0n) is 15.4. The predicted octanol–water partition coefficient (Wildman–Crippen LogP) is 2.06. The van der Waals surface area contributed by atoms with Gasteiger partial charge in [-0.05, 0) is 31.6 Å². The monoisotopic (exact) mass is 396 g/mol. The number of nitrogens with zero attached hydrogens (tertiary/aromatic N) is 1. The molecule has 0 radical (unpaired) electrons. The molecule has 148 valence electrons. The van der Waals surface area contributed by atoms with Crippen molar-refractivity contribution in [2.24, 2.45) is 0 Å². The molecule has 0 saturated heterocycles. The molecule has 9 heteroatoms. The second-order valence-electron chi connectivity index (χ2n) is 5.46. The smallest absolute Gasteiger partial charge is 0.318 e. The highest BCUT2D eigenvalue weighted by molar-refractivity contribution is 7.45. The van der Waals surface area contributed by atoms with Gasteiger partial charge in [0.05, 0.1) is 19.3 Å². The summed E-state index contributed by atoms with van der Waals surface area (Å²) >= 11 is 0. The van der Waals surface area contributed by atoms with Crippen molar-refractivity contribution < 1.29 is 28.2 Å². The molecule has 0 aliphatic heterocycles.